The van der Waals surface area contributed by atoms with E-state index in [2.05, 4.69) is 56.2 Å². The minimum Gasteiger partial charge on any atom is -0.479 e. The molecule has 4 aromatic carbocycles. The van der Waals surface area contributed by atoms with E-state index in [9.17, 15) is 19.5 Å². The number of allylic oxidation sites excluding steroid dienone is 4. The fraction of sp³-hybridized carbons (Fsp3) is 0.100. The first kappa shape index (κ1) is 35.2. The quantitative estimate of drug-likeness (QED) is 0.0476. The number of rotatable bonds is 8. The molecule has 54 heavy (non-hydrogen) atoms. The summed E-state index contributed by atoms with van der Waals surface area (Å²) in [4.78, 5) is 58.4. The van der Waals surface area contributed by atoms with Crippen LogP contribution < -0.4 is 16.0 Å². The van der Waals surface area contributed by atoms with E-state index in [0.29, 0.717) is 59.7 Å². The highest BCUT2D eigenvalue weighted by Crippen LogP contribution is 2.52. The van der Waals surface area contributed by atoms with Crippen LogP contribution in [-0.4, -0.2) is 49.5 Å². The van der Waals surface area contributed by atoms with Crippen molar-refractivity contribution in [2.24, 2.45) is 11.8 Å². The molecule has 2 atom stereocenters. The second-order valence-electron chi connectivity index (χ2n) is 13.0. The molecule has 2 unspecified atom stereocenters. The average Bonchev–Trinajstić information content (AvgIpc) is 3.14. The third-order valence-electron chi connectivity index (χ3n) is 9.66. The molecule has 0 radical (unpaired) electrons. The summed E-state index contributed by atoms with van der Waals surface area (Å²) in [5.41, 5.74) is 5.70. The van der Waals surface area contributed by atoms with Crippen LogP contribution >= 0.6 is 37.9 Å². The Hall–Kier alpha value is -5.83. The Labute approximate surface area is 326 Å². The molecule has 1 aromatic heterocycles. The summed E-state index contributed by atoms with van der Waals surface area (Å²) >= 11 is 13.8. The van der Waals surface area contributed by atoms with Crippen molar-refractivity contribution in [1.82, 2.24) is 19.9 Å². The van der Waals surface area contributed by atoms with Gasteiger partial charge in [0.1, 0.15) is 0 Å². The number of nitrogens with zero attached hydrogens (tertiary/aromatic N) is 4. The predicted octanol–water partition coefficient (Wildman–Crippen LogP) is 7.67. The normalized spacial score (nSPS) is 17.3. The molecule has 268 valence electrons. The lowest BCUT2D eigenvalue weighted by atomic mass is 9.64. The van der Waals surface area contributed by atoms with Gasteiger partial charge in [0.2, 0.25) is 11.9 Å². The Morgan fingerprint density at radius 1 is 0.741 bits per heavy atom. The van der Waals surface area contributed by atoms with Crippen LogP contribution in [0.5, 0.6) is 6.01 Å². The maximum Gasteiger partial charge on any atom is 0.320 e. The highest BCUT2D eigenvalue weighted by molar-refractivity contribution is 7.81. The van der Waals surface area contributed by atoms with Crippen LogP contribution in [-0.2, 0) is 4.79 Å². The van der Waals surface area contributed by atoms with Crippen LogP contribution in [0.3, 0.4) is 0 Å². The molecule has 11 nitrogen and oxygen atoms in total. The average molecular weight is 770 g/mol. The molecule has 0 spiro atoms. The van der Waals surface area contributed by atoms with E-state index in [1.807, 2.05) is 31.2 Å². The number of hydrogen-bond acceptors (Lipinski definition) is 13. The van der Waals surface area contributed by atoms with Crippen molar-refractivity contribution in [3.05, 3.63) is 136 Å². The van der Waals surface area contributed by atoms with Gasteiger partial charge in [-0.2, -0.15) is 15.0 Å². The summed E-state index contributed by atoms with van der Waals surface area (Å²) in [6.45, 7) is 1.94. The minimum absolute atomic E-state index is 0.0162. The van der Waals surface area contributed by atoms with Gasteiger partial charge >= 0.3 is 6.01 Å². The van der Waals surface area contributed by atoms with E-state index in [4.69, 9.17) is 12.6 Å². The fourth-order valence-electron chi connectivity index (χ4n) is 7.11. The molecule has 0 fully saturated rings. The second kappa shape index (κ2) is 13.9. The highest BCUT2D eigenvalue weighted by atomic mass is 32.1. The van der Waals surface area contributed by atoms with Gasteiger partial charge < -0.3 is 26.0 Å². The summed E-state index contributed by atoms with van der Waals surface area (Å²) in [5, 5.41) is 20.0. The number of Topliss-reactive ketones (excluding diaryl/α,β-unsaturated/α-hetero) is 2. The van der Waals surface area contributed by atoms with Gasteiger partial charge in [-0.1, -0.05) is 54.6 Å². The molecular weight excluding hydrogens is 739 g/mol. The van der Waals surface area contributed by atoms with Crippen LogP contribution in [0.1, 0.15) is 31.8 Å². The Morgan fingerprint density at radius 2 is 1.41 bits per heavy atom. The number of aryl methyl sites for hydroxylation is 1. The molecule has 3 aliphatic rings. The van der Waals surface area contributed by atoms with Crippen molar-refractivity contribution < 1.29 is 19.5 Å². The van der Waals surface area contributed by atoms with Gasteiger partial charge in [-0.25, -0.2) is 0 Å². The van der Waals surface area contributed by atoms with Crippen LogP contribution in [0.2, 0.25) is 0 Å². The molecule has 8 rings (SSSR count). The van der Waals surface area contributed by atoms with E-state index in [1.165, 1.54) is 4.90 Å². The maximum absolute atomic E-state index is 14.5. The number of anilines is 5. The maximum atomic E-state index is 14.5. The van der Waals surface area contributed by atoms with Crippen molar-refractivity contribution in [3.8, 4) is 6.01 Å². The smallest absolute Gasteiger partial charge is 0.320 e. The van der Waals surface area contributed by atoms with Gasteiger partial charge in [0.15, 0.2) is 11.6 Å². The minimum atomic E-state index is -0.806. The van der Waals surface area contributed by atoms with Crippen LogP contribution in [0.15, 0.2) is 129 Å². The third kappa shape index (κ3) is 6.21. The first-order valence-electron chi connectivity index (χ1n) is 16.8. The van der Waals surface area contributed by atoms with Gasteiger partial charge in [-0.05, 0) is 66.1 Å². The molecule has 4 N–H and O–H groups in total. The number of carbonyl (C=O) groups is 3. The van der Waals surface area contributed by atoms with Crippen LogP contribution in [0, 0.1) is 18.8 Å². The number of aromatic nitrogens is 3. The molecule has 14 heteroatoms. The number of nitrogens with one attached hydrogen (secondary N) is 3. The number of fused-ring (bicyclic) bond motifs is 2. The van der Waals surface area contributed by atoms with Crippen molar-refractivity contribution >= 4 is 89.9 Å². The van der Waals surface area contributed by atoms with Crippen molar-refractivity contribution in [1.29, 1.82) is 0 Å². The zero-order valence-corrected chi connectivity index (χ0v) is 31.4. The second-order valence-corrected chi connectivity index (χ2v) is 14.5. The van der Waals surface area contributed by atoms with Gasteiger partial charge in [-0.15, -0.1) is 37.9 Å². The Bertz CT molecular complexity index is 2550. The SMILES string of the molecule is Cc1ccccc1Nc1nc(O)nc(Nc2cc(NC3=CC=C4C5C(=C(C(=O)c6cccc(S)c6)C(=O)N4C)c4ccccc4C(=O)C35)c(S)cc2S)n1. The van der Waals surface area contributed by atoms with E-state index in [-0.39, 0.29) is 23.3 Å². The number of aromatic hydroxyl groups is 1. The molecule has 0 saturated carbocycles. The molecule has 2 heterocycles. The van der Waals surface area contributed by atoms with Crippen LogP contribution in [0.25, 0.3) is 5.57 Å². The molecule has 5 aromatic rings. The summed E-state index contributed by atoms with van der Waals surface area (Å²) in [6.07, 6.45) is 3.59. The fourth-order valence-corrected chi connectivity index (χ4v) is 7.94. The zero-order valence-electron chi connectivity index (χ0n) is 28.7. The van der Waals surface area contributed by atoms with Crippen molar-refractivity contribution in [3.63, 3.8) is 0 Å². The largest absolute Gasteiger partial charge is 0.479 e. The lowest BCUT2D eigenvalue weighted by Gasteiger charge is -2.45. The number of para-hydroxylation sites is 1. The van der Waals surface area contributed by atoms with E-state index in [0.717, 1.165) is 11.3 Å². The van der Waals surface area contributed by atoms with Gasteiger partial charge in [0.25, 0.3) is 5.91 Å². The van der Waals surface area contributed by atoms with E-state index in [1.54, 1.807) is 79.9 Å². The number of likely N-dealkylation sites (N-methyl/N-ethyl adjacent to an activating group) is 1. The van der Waals surface area contributed by atoms with E-state index >= 15 is 0 Å². The van der Waals surface area contributed by atoms with E-state index < -0.39 is 29.5 Å². The van der Waals surface area contributed by atoms with Crippen molar-refractivity contribution in [2.45, 2.75) is 21.6 Å². The number of hydrogen-bond donors (Lipinski definition) is 7. The van der Waals surface area contributed by atoms with Crippen LogP contribution in [0.4, 0.5) is 29.0 Å². The molecule has 1 amide bonds. The Balaban J connectivity index is 1.17. The zero-order chi connectivity index (χ0) is 37.8. The summed E-state index contributed by atoms with van der Waals surface area (Å²) in [6, 6.07) is 24.4. The standard InChI is InChI=1S/C40H31N7O4S3/c1-19-8-3-6-13-24(19)42-38-44-39(46-40(51)45-38)43-27-17-26(29(53)18-30(27)54)41-25-14-15-28-33-31(22-11-4-5-12-23(22)36(49)32(25)33)34(37(50)47(28)2)35(48)20-9-7-10-21(52)16-20/h3-18,32-33,41,52-54H,1-2H3,(H3,42,43,44,45,46,51). The first-order valence-corrected chi connectivity index (χ1v) is 18.1. The van der Waals surface area contributed by atoms with Crippen molar-refractivity contribution in [2.75, 3.05) is 23.0 Å². The lowest BCUT2D eigenvalue weighted by Crippen LogP contribution is -2.47. The summed E-state index contributed by atoms with van der Waals surface area (Å²) in [7, 11) is 1.62. The number of amides is 1. The molecular formula is C40H31N7O4S3. The molecule has 1 aliphatic heterocycles. The Morgan fingerprint density at radius 3 is 2.13 bits per heavy atom. The third-order valence-corrected chi connectivity index (χ3v) is 10.7. The number of thiol groups is 3. The number of ketones is 2. The highest BCUT2D eigenvalue weighted by Gasteiger charge is 2.51. The Kier molecular flexibility index (Phi) is 9.04. The molecule has 0 saturated heterocycles. The van der Waals surface area contributed by atoms with Gasteiger partial charge in [-0.3, -0.25) is 14.4 Å². The molecule has 2 aliphatic carbocycles. The number of benzene rings is 4. The van der Waals surface area contributed by atoms with Gasteiger partial charge in [0.05, 0.1) is 22.9 Å². The predicted molar refractivity (Wildman–Crippen MR) is 215 cm³/mol. The topological polar surface area (TPSA) is 149 Å². The number of carbonyl (C=O) groups excluding carboxylic acids is 3. The summed E-state index contributed by atoms with van der Waals surface area (Å²) in [5.74, 6) is -2.31. The monoisotopic (exact) mass is 769 g/mol. The lowest BCUT2D eigenvalue weighted by molar-refractivity contribution is -0.124. The molecule has 0 bridgehead atoms. The first-order chi connectivity index (χ1) is 26.0. The van der Waals surface area contributed by atoms with Gasteiger partial charge in [0, 0.05) is 55.9 Å². The summed E-state index contributed by atoms with van der Waals surface area (Å²) < 4.78 is 0.